The second kappa shape index (κ2) is 7.40. The molecule has 2 aliphatic rings. The van der Waals surface area contributed by atoms with Crippen molar-refractivity contribution < 1.29 is 9.59 Å². The Morgan fingerprint density at radius 1 is 0.962 bits per heavy atom. The highest BCUT2D eigenvalue weighted by atomic mass is 79.9. The fourth-order valence-electron chi connectivity index (χ4n) is 3.78. The molecule has 0 spiro atoms. The molecule has 2 amide bonds. The molecule has 0 atom stereocenters. The van der Waals surface area contributed by atoms with Crippen LogP contribution >= 0.6 is 15.9 Å². The first-order valence-electron chi connectivity index (χ1n) is 9.19. The predicted molar refractivity (Wildman–Crippen MR) is 104 cm³/mol. The van der Waals surface area contributed by atoms with Crippen LogP contribution in [0.5, 0.6) is 0 Å². The highest BCUT2D eigenvalue weighted by Crippen LogP contribution is 2.28. The fraction of sp³-hybridized carbons (Fsp3) is 0.474. The van der Waals surface area contributed by atoms with E-state index in [0.29, 0.717) is 25.3 Å². The van der Waals surface area contributed by atoms with Crippen LogP contribution in [-0.2, 0) is 4.79 Å². The lowest BCUT2D eigenvalue weighted by molar-refractivity contribution is -0.131. The summed E-state index contributed by atoms with van der Waals surface area (Å²) in [6, 6.07) is 7.88. The van der Waals surface area contributed by atoms with Crippen molar-refractivity contribution in [3.63, 3.8) is 0 Å². The van der Waals surface area contributed by atoms with E-state index in [1.165, 1.54) is 0 Å². The monoisotopic (exact) mass is 418 g/mol. The largest absolute Gasteiger partial charge is 0.350 e. The molecule has 0 bridgehead atoms. The van der Waals surface area contributed by atoms with Crippen molar-refractivity contribution in [3.05, 3.63) is 34.4 Å². The first-order chi connectivity index (χ1) is 12.6. The normalized spacial score (nSPS) is 18.7. The zero-order chi connectivity index (χ0) is 18.1. The molecular weight excluding hydrogens is 396 g/mol. The Morgan fingerprint density at radius 2 is 1.65 bits per heavy atom. The Morgan fingerprint density at radius 3 is 2.35 bits per heavy atom. The molecule has 2 aromatic rings. The molecule has 1 aromatic carbocycles. The van der Waals surface area contributed by atoms with Gasteiger partial charge in [0.2, 0.25) is 5.91 Å². The number of para-hydroxylation sites is 1. The van der Waals surface area contributed by atoms with E-state index in [-0.39, 0.29) is 11.8 Å². The number of hydrogen-bond donors (Lipinski definition) is 1. The molecule has 1 aromatic heterocycles. The van der Waals surface area contributed by atoms with Crippen LogP contribution in [0.4, 0.5) is 0 Å². The van der Waals surface area contributed by atoms with Crippen molar-refractivity contribution in [3.8, 4) is 0 Å². The topological polar surface area (TPSA) is 59.7 Å². The number of carbonyl (C=O) groups is 2. The second-order valence-electron chi connectivity index (χ2n) is 7.02. The van der Waals surface area contributed by atoms with Crippen molar-refractivity contribution in [2.45, 2.75) is 12.8 Å². The average Bonchev–Trinajstić information content (AvgIpc) is 3.31. The SMILES string of the molecule is O=C(CN1CCN(C(=O)c2[nH]c3ccccc3c2Br)CC1)N1CCCC1. The Kier molecular flexibility index (Phi) is 5.00. The molecular formula is C19H23BrN4O2. The van der Waals surface area contributed by atoms with E-state index >= 15 is 0 Å². The lowest BCUT2D eigenvalue weighted by atomic mass is 10.2. The summed E-state index contributed by atoms with van der Waals surface area (Å²) in [4.78, 5) is 34.4. The third-order valence-electron chi connectivity index (χ3n) is 5.33. The van der Waals surface area contributed by atoms with E-state index in [1.807, 2.05) is 34.1 Å². The van der Waals surface area contributed by atoms with Crippen LogP contribution in [-0.4, -0.2) is 77.3 Å². The molecule has 6 nitrogen and oxygen atoms in total. The summed E-state index contributed by atoms with van der Waals surface area (Å²) in [7, 11) is 0. The summed E-state index contributed by atoms with van der Waals surface area (Å²) in [5.74, 6) is 0.235. The van der Waals surface area contributed by atoms with Crippen molar-refractivity contribution >= 4 is 38.6 Å². The first-order valence-corrected chi connectivity index (χ1v) is 9.98. The van der Waals surface area contributed by atoms with Crippen LogP contribution in [0.25, 0.3) is 10.9 Å². The zero-order valence-electron chi connectivity index (χ0n) is 14.7. The summed E-state index contributed by atoms with van der Waals surface area (Å²) in [6.07, 6.45) is 2.24. The van der Waals surface area contributed by atoms with Crippen LogP contribution in [0, 0.1) is 0 Å². The molecule has 2 saturated heterocycles. The van der Waals surface area contributed by atoms with Gasteiger partial charge in [0.25, 0.3) is 5.91 Å². The summed E-state index contributed by atoms with van der Waals surface area (Å²) in [5, 5.41) is 1.02. The number of nitrogens with one attached hydrogen (secondary N) is 1. The van der Waals surface area contributed by atoms with E-state index in [9.17, 15) is 9.59 Å². The minimum absolute atomic E-state index is 0.0126. The van der Waals surface area contributed by atoms with Crippen molar-refractivity contribution in [2.75, 3.05) is 45.8 Å². The minimum atomic E-state index is 0.0126. The van der Waals surface area contributed by atoms with Gasteiger partial charge in [-0.2, -0.15) is 0 Å². The van der Waals surface area contributed by atoms with E-state index < -0.39 is 0 Å². The minimum Gasteiger partial charge on any atom is -0.350 e. The predicted octanol–water partition coefficient (Wildman–Crippen LogP) is 2.31. The number of rotatable bonds is 3. The molecule has 26 heavy (non-hydrogen) atoms. The van der Waals surface area contributed by atoms with Crippen molar-refractivity contribution in [1.82, 2.24) is 19.7 Å². The molecule has 3 heterocycles. The highest BCUT2D eigenvalue weighted by molar-refractivity contribution is 9.10. The van der Waals surface area contributed by atoms with Gasteiger partial charge in [0.1, 0.15) is 5.69 Å². The average molecular weight is 419 g/mol. The molecule has 138 valence electrons. The third-order valence-corrected chi connectivity index (χ3v) is 6.16. The molecule has 0 unspecified atom stereocenters. The van der Waals surface area contributed by atoms with Gasteiger partial charge in [-0.05, 0) is 34.8 Å². The molecule has 2 fully saturated rings. The molecule has 2 aliphatic heterocycles. The lowest BCUT2D eigenvalue weighted by Crippen LogP contribution is -2.51. The maximum atomic E-state index is 12.9. The number of amides is 2. The van der Waals surface area contributed by atoms with Gasteiger partial charge in [-0.1, -0.05) is 18.2 Å². The van der Waals surface area contributed by atoms with Gasteiger partial charge in [-0.3, -0.25) is 14.5 Å². The number of hydrogen-bond acceptors (Lipinski definition) is 3. The van der Waals surface area contributed by atoms with Gasteiger partial charge in [-0.15, -0.1) is 0 Å². The maximum Gasteiger partial charge on any atom is 0.271 e. The highest BCUT2D eigenvalue weighted by Gasteiger charge is 2.27. The maximum absolute atomic E-state index is 12.9. The first kappa shape index (κ1) is 17.5. The Hall–Kier alpha value is -1.86. The van der Waals surface area contributed by atoms with Crippen LogP contribution in [0.2, 0.25) is 0 Å². The number of fused-ring (bicyclic) bond motifs is 1. The fourth-order valence-corrected chi connectivity index (χ4v) is 4.39. The molecule has 1 N–H and O–H groups in total. The molecule has 0 radical (unpaired) electrons. The number of halogens is 1. The number of carbonyl (C=O) groups excluding carboxylic acids is 2. The van der Waals surface area contributed by atoms with Gasteiger partial charge in [0.15, 0.2) is 0 Å². The quantitative estimate of drug-likeness (QED) is 0.831. The Balaban J connectivity index is 1.37. The molecule has 7 heteroatoms. The van der Waals surface area contributed by atoms with Crippen molar-refractivity contribution in [1.29, 1.82) is 0 Å². The van der Waals surface area contributed by atoms with Crippen molar-refractivity contribution in [2.24, 2.45) is 0 Å². The Labute approximate surface area is 161 Å². The number of likely N-dealkylation sites (tertiary alicyclic amines) is 1. The summed E-state index contributed by atoms with van der Waals surface area (Å²) in [5.41, 5.74) is 1.56. The number of piperazine rings is 1. The number of nitrogens with zero attached hydrogens (tertiary/aromatic N) is 3. The zero-order valence-corrected chi connectivity index (χ0v) is 16.3. The smallest absolute Gasteiger partial charge is 0.271 e. The third kappa shape index (κ3) is 3.38. The summed E-state index contributed by atoms with van der Waals surface area (Å²) >= 11 is 3.56. The van der Waals surface area contributed by atoms with Gasteiger partial charge in [0, 0.05) is 50.2 Å². The Bertz CT molecular complexity index is 820. The molecule has 0 aliphatic carbocycles. The number of aromatic nitrogens is 1. The van der Waals surface area contributed by atoms with Gasteiger partial charge in [-0.25, -0.2) is 0 Å². The van der Waals surface area contributed by atoms with Gasteiger partial charge < -0.3 is 14.8 Å². The summed E-state index contributed by atoms with van der Waals surface area (Å²) in [6.45, 7) is 5.03. The van der Waals surface area contributed by atoms with Crippen LogP contribution in [0.3, 0.4) is 0 Å². The van der Waals surface area contributed by atoms with Crippen LogP contribution < -0.4 is 0 Å². The second-order valence-corrected chi connectivity index (χ2v) is 7.81. The molecule has 4 rings (SSSR count). The summed E-state index contributed by atoms with van der Waals surface area (Å²) < 4.78 is 0.824. The standard InChI is InChI=1S/C19H23BrN4O2/c20-17-14-5-1-2-6-15(14)21-18(17)19(26)24-11-9-22(10-12-24)13-16(25)23-7-3-4-8-23/h1-2,5-6,21H,3-4,7-13H2. The van der Waals surface area contributed by atoms with Gasteiger partial charge in [0.05, 0.1) is 11.0 Å². The van der Waals surface area contributed by atoms with Crippen LogP contribution in [0.15, 0.2) is 28.7 Å². The van der Waals surface area contributed by atoms with E-state index in [2.05, 4.69) is 25.8 Å². The van der Waals surface area contributed by atoms with Crippen LogP contribution in [0.1, 0.15) is 23.3 Å². The van der Waals surface area contributed by atoms with Gasteiger partial charge >= 0.3 is 0 Å². The lowest BCUT2D eigenvalue weighted by Gasteiger charge is -2.34. The van der Waals surface area contributed by atoms with E-state index in [1.54, 1.807) is 0 Å². The van der Waals surface area contributed by atoms with E-state index in [4.69, 9.17) is 0 Å². The number of benzene rings is 1. The van der Waals surface area contributed by atoms with E-state index in [0.717, 1.165) is 54.4 Å². The number of aromatic amines is 1. The molecule has 0 saturated carbocycles. The number of H-pyrrole nitrogens is 1.